The Morgan fingerprint density at radius 3 is 1.72 bits per heavy atom. The minimum absolute atomic E-state index is 0.0102. The van der Waals surface area contributed by atoms with Gasteiger partial charge in [0.15, 0.2) is 0 Å². The van der Waals surface area contributed by atoms with E-state index in [1.54, 1.807) is 6.92 Å². The molecule has 0 aromatic carbocycles. The molecule has 2 aliphatic heterocycles. The van der Waals surface area contributed by atoms with Crippen LogP contribution in [0.5, 0.6) is 0 Å². The van der Waals surface area contributed by atoms with Crippen molar-refractivity contribution in [3.63, 3.8) is 0 Å². The van der Waals surface area contributed by atoms with Crippen LogP contribution in [0.15, 0.2) is 0 Å². The Labute approximate surface area is 422 Å². The van der Waals surface area contributed by atoms with E-state index in [9.17, 15) is 87.2 Å². The van der Waals surface area contributed by atoms with Gasteiger partial charge in [-0.25, -0.2) is 4.79 Å². The monoisotopic (exact) mass is 1050 g/mol. The number of amides is 11. The number of likely N-dealkylation sites (tertiary alicyclic amines) is 1. The summed E-state index contributed by atoms with van der Waals surface area (Å²) in [5.41, 5.74) is 10.4. The number of carbonyl (C=O) groups is 15. The van der Waals surface area contributed by atoms with Gasteiger partial charge in [0.25, 0.3) is 0 Å². The number of hydrogen-bond donors (Lipinski definition) is 15. The first-order valence-corrected chi connectivity index (χ1v) is 23.5. The van der Waals surface area contributed by atoms with E-state index < -0.39 is 194 Å². The van der Waals surface area contributed by atoms with Crippen molar-refractivity contribution >= 4 is 88.9 Å². The summed E-state index contributed by atoms with van der Waals surface area (Å²) < 4.78 is 0. The maximum Gasteiger partial charge on any atom is 0.326 e. The van der Waals surface area contributed by atoms with Gasteiger partial charge in [0.1, 0.15) is 48.3 Å². The van der Waals surface area contributed by atoms with E-state index in [0.717, 1.165) is 11.8 Å². The second-order valence-electron chi connectivity index (χ2n) is 17.7. The number of primary amides is 2. The molecule has 0 unspecified atom stereocenters. The van der Waals surface area contributed by atoms with Gasteiger partial charge in [0.2, 0.25) is 65.0 Å². The molecule has 0 saturated carbocycles. The van der Waals surface area contributed by atoms with Crippen molar-refractivity contribution in [2.24, 2.45) is 17.4 Å². The van der Waals surface area contributed by atoms with Gasteiger partial charge < -0.3 is 84.6 Å². The number of nitrogens with two attached hydrogens (primary N) is 2. The Morgan fingerprint density at radius 2 is 1.16 bits per heavy atom. The van der Waals surface area contributed by atoms with Gasteiger partial charge in [0, 0.05) is 19.4 Å². The molecule has 11 amide bonds. The fourth-order valence-electron chi connectivity index (χ4n) is 7.63. The number of nitrogens with one attached hydrogen (secondary N) is 9. The van der Waals surface area contributed by atoms with Gasteiger partial charge in [-0.3, -0.25) is 67.1 Å². The van der Waals surface area contributed by atoms with E-state index in [4.69, 9.17) is 16.6 Å². The van der Waals surface area contributed by atoms with Gasteiger partial charge >= 0.3 is 23.9 Å². The molecule has 2 aliphatic rings. The van der Waals surface area contributed by atoms with Crippen LogP contribution in [0.3, 0.4) is 0 Å². The Kier molecular flexibility index (Phi) is 25.3. The predicted molar refractivity (Wildman–Crippen MR) is 249 cm³/mol. The summed E-state index contributed by atoms with van der Waals surface area (Å²) >= 11 is 0. The molecule has 2 heterocycles. The number of nitrogens with zero attached hydrogens (tertiary/aromatic N) is 1. The van der Waals surface area contributed by atoms with Crippen LogP contribution < -0.4 is 59.3 Å². The first-order chi connectivity index (χ1) is 34.6. The Morgan fingerprint density at radius 1 is 0.581 bits per heavy atom. The second-order valence-corrected chi connectivity index (χ2v) is 17.7. The number of carboxylic acid groups (broad SMARTS) is 4. The second kappa shape index (κ2) is 30.1. The molecule has 10 atom stereocenters. The molecule has 0 aliphatic carbocycles. The fraction of sp³-hybridized carbons (Fsp3) is 0.651. The summed E-state index contributed by atoms with van der Waals surface area (Å²) in [6.07, 6.45) is -3.26. The van der Waals surface area contributed by atoms with Crippen molar-refractivity contribution in [3.8, 4) is 0 Å². The normalized spacial score (nSPS) is 18.2. The zero-order valence-electron chi connectivity index (χ0n) is 40.9. The minimum Gasteiger partial charge on any atom is -0.481 e. The minimum atomic E-state index is -1.88. The molecule has 0 aromatic heterocycles. The summed E-state index contributed by atoms with van der Waals surface area (Å²) in [7, 11) is 0. The first-order valence-electron chi connectivity index (χ1n) is 23.5. The topological polar surface area (TPSA) is 501 Å². The quantitative estimate of drug-likeness (QED) is 0.0298. The molecule has 17 N–H and O–H groups in total. The van der Waals surface area contributed by atoms with E-state index in [-0.39, 0.29) is 32.2 Å². The highest BCUT2D eigenvalue weighted by molar-refractivity contribution is 6.00. The highest BCUT2D eigenvalue weighted by Crippen LogP contribution is 2.21. The predicted octanol–water partition coefficient (Wildman–Crippen LogP) is -6.66. The molecule has 0 bridgehead atoms. The SMILES string of the molecule is CC[C@H](C)[C@H](NC(=O)[C@H](CCC(N)=O)NC(=O)[C@H](C)NC(=O)[C@H](CC(=O)O)NC(=O)CNC(=O)[C@H](CCC(=O)O)NC(=O)[C@@H]1CCCN1)C(=O)N[C@@H](CC(=O)O)C(=O)N1CCC[C@H]1C(=O)N[C@@H](CC(N)=O)C(=O)O. The van der Waals surface area contributed by atoms with E-state index in [1.165, 1.54) is 6.92 Å². The smallest absolute Gasteiger partial charge is 0.326 e. The van der Waals surface area contributed by atoms with E-state index in [0.29, 0.717) is 19.4 Å². The molecule has 31 nitrogen and oxygen atoms in total. The number of hydrogen-bond acceptors (Lipinski definition) is 16. The average molecular weight is 1060 g/mol. The first kappa shape index (κ1) is 62.1. The summed E-state index contributed by atoms with van der Waals surface area (Å²) in [6.45, 7) is 3.74. The molecule has 0 aromatic rings. The van der Waals surface area contributed by atoms with Crippen LogP contribution in [0.25, 0.3) is 0 Å². The number of carbonyl (C=O) groups excluding carboxylic acids is 11. The summed E-state index contributed by atoms with van der Waals surface area (Å²) in [6, 6.07) is -13.7. The molecule has 2 fully saturated rings. The largest absolute Gasteiger partial charge is 0.481 e. The molecule has 31 heteroatoms. The molecule has 2 rings (SSSR count). The number of carboxylic acids is 4. The highest BCUT2D eigenvalue weighted by atomic mass is 16.4. The average Bonchev–Trinajstić information content (AvgIpc) is 4.05. The van der Waals surface area contributed by atoms with Gasteiger partial charge in [0.05, 0.1) is 31.8 Å². The highest BCUT2D eigenvalue weighted by Gasteiger charge is 2.41. The van der Waals surface area contributed by atoms with Crippen molar-refractivity contribution in [1.82, 2.24) is 52.8 Å². The van der Waals surface area contributed by atoms with Crippen LogP contribution in [-0.2, 0) is 71.9 Å². The summed E-state index contributed by atoms with van der Waals surface area (Å²) in [4.78, 5) is 191. The molecular formula is C43H66N12O19. The van der Waals surface area contributed by atoms with Gasteiger partial charge in [-0.1, -0.05) is 20.3 Å². The van der Waals surface area contributed by atoms with E-state index in [2.05, 4.69) is 47.9 Å². The molecule has 0 spiro atoms. The molecule has 0 radical (unpaired) electrons. The molecule has 74 heavy (non-hydrogen) atoms. The van der Waals surface area contributed by atoms with Crippen molar-refractivity contribution in [2.45, 2.75) is 152 Å². The Hall–Kier alpha value is -7.99. The van der Waals surface area contributed by atoms with Crippen LogP contribution in [0, 0.1) is 5.92 Å². The standard InChI is InChI=1S/C43H66N12O19/c1-4-19(2)34(41(71)52-25(17-33(63)64)42(72)55-14-6-8-27(55)40(70)53-26(43(73)74)15-29(45)57)54-38(68)23(9-11-28(44)56)50-35(65)20(3)48-39(69)24(16-32(61)62)49-30(58)18-47-36(66)22(10-12-31(59)60)51-37(67)21-7-5-13-46-21/h19-27,34,46H,4-18H2,1-3H3,(H2,44,56)(H2,45,57)(H,47,66)(H,48,69)(H,49,58)(H,50,65)(H,51,67)(H,52,71)(H,53,70)(H,54,68)(H,59,60)(H,61,62)(H,63,64)(H,73,74)/t19-,20-,21-,22-,23-,24-,25-,26-,27-,34-/m0/s1. The number of aliphatic carboxylic acids is 4. The Balaban J connectivity index is 2.22. The molecule has 412 valence electrons. The van der Waals surface area contributed by atoms with Crippen molar-refractivity contribution in [2.75, 3.05) is 19.6 Å². The van der Waals surface area contributed by atoms with Crippen molar-refractivity contribution in [3.05, 3.63) is 0 Å². The molecular weight excluding hydrogens is 989 g/mol. The third-order valence-electron chi connectivity index (χ3n) is 11.8. The maximum absolute atomic E-state index is 13.9. The lowest BCUT2D eigenvalue weighted by atomic mass is 9.96. The van der Waals surface area contributed by atoms with E-state index >= 15 is 0 Å². The van der Waals surface area contributed by atoms with Crippen molar-refractivity contribution < 1.29 is 92.3 Å². The van der Waals surface area contributed by atoms with Gasteiger partial charge in [-0.2, -0.15) is 0 Å². The third-order valence-corrected chi connectivity index (χ3v) is 11.8. The van der Waals surface area contributed by atoms with Gasteiger partial charge in [-0.05, 0) is 57.9 Å². The van der Waals surface area contributed by atoms with Crippen LogP contribution in [0.4, 0.5) is 0 Å². The lowest BCUT2D eigenvalue weighted by molar-refractivity contribution is -0.147. The zero-order chi connectivity index (χ0) is 56.0. The van der Waals surface area contributed by atoms with Crippen LogP contribution in [-0.4, -0.2) is 188 Å². The third kappa shape index (κ3) is 21.0. The van der Waals surface area contributed by atoms with Crippen LogP contribution >= 0.6 is 0 Å². The molecule has 2 saturated heterocycles. The fourth-order valence-corrected chi connectivity index (χ4v) is 7.63. The van der Waals surface area contributed by atoms with Gasteiger partial charge in [-0.15, -0.1) is 0 Å². The van der Waals surface area contributed by atoms with E-state index in [1.807, 2.05) is 0 Å². The van der Waals surface area contributed by atoms with Crippen molar-refractivity contribution in [1.29, 1.82) is 0 Å². The zero-order valence-corrected chi connectivity index (χ0v) is 40.9. The van der Waals surface area contributed by atoms with Crippen LogP contribution in [0.1, 0.15) is 97.8 Å². The summed E-state index contributed by atoms with van der Waals surface area (Å²) in [5.74, 6) is -18.1. The summed E-state index contributed by atoms with van der Waals surface area (Å²) in [5, 5.41) is 58.7. The van der Waals surface area contributed by atoms with Crippen LogP contribution in [0.2, 0.25) is 0 Å². The lowest BCUT2D eigenvalue weighted by Gasteiger charge is -2.31. The Bertz CT molecular complexity index is 2150. The lowest BCUT2D eigenvalue weighted by Crippen LogP contribution is -2.61. The number of rotatable bonds is 32. The maximum atomic E-state index is 13.9.